The smallest absolute Gasteiger partial charge is 0.0738 e. The molecule has 0 amide bonds. The molecule has 114 valence electrons. The fourth-order valence-electron chi connectivity index (χ4n) is 2.58. The SMILES string of the molecule is CCn1nc(C)c(Br)c1CC(Cc1ccc(C)cc1)NC. The van der Waals surface area contributed by atoms with Crippen molar-refractivity contribution in [3.05, 3.63) is 51.3 Å². The molecule has 21 heavy (non-hydrogen) atoms. The molecular weight excluding hydrogens is 326 g/mol. The van der Waals surface area contributed by atoms with E-state index in [0.717, 1.165) is 29.6 Å². The number of aromatic nitrogens is 2. The molecule has 0 radical (unpaired) electrons. The van der Waals surface area contributed by atoms with Gasteiger partial charge in [0.25, 0.3) is 0 Å². The van der Waals surface area contributed by atoms with Gasteiger partial charge in [0, 0.05) is 19.0 Å². The average Bonchev–Trinajstić information content (AvgIpc) is 2.76. The van der Waals surface area contributed by atoms with Crippen LogP contribution in [0.5, 0.6) is 0 Å². The van der Waals surface area contributed by atoms with E-state index in [1.165, 1.54) is 16.8 Å². The number of nitrogens with one attached hydrogen (secondary N) is 1. The molecule has 2 aromatic rings. The third kappa shape index (κ3) is 3.95. The number of halogens is 1. The van der Waals surface area contributed by atoms with Gasteiger partial charge < -0.3 is 5.32 Å². The Bertz CT molecular complexity index is 587. The fourth-order valence-corrected chi connectivity index (χ4v) is 3.03. The van der Waals surface area contributed by atoms with Crippen molar-refractivity contribution in [1.29, 1.82) is 0 Å². The zero-order valence-electron chi connectivity index (χ0n) is 13.3. The van der Waals surface area contributed by atoms with Gasteiger partial charge in [-0.05, 0) is 55.7 Å². The van der Waals surface area contributed by atoms with Gasteiger partial charge in [0.2, 0.25) is 0 Å². The van der Waals surface area contributed by atoms with Crippen LogP contribution in [0.2, 0.25) is 0 Å². The Morgan fingerprint density at radius 3 is 2.43 bits per heavy atom. The second-order valence-corrected chi connectivity index (χ2v) is 6.33. The van der Waals surface area contributed by atoms with E-state index in [1.54, 1.807) is 0 Å². The van der Waals surface area contributed by atoms with Crippen LogP contribution < -0.4 is 5.32 Å². The van der Waals surface area contributed by atoms with Crippen molar-refractivity contribution in [3.8, 4) is 0 Å². The first-order valence-corrected chi connectivity index (χ1v) is 8.29. The molecule has 3 nitrogen and oxygen atoms in total. The maximum absolute atomic E-state index is 4.58. The molecule has 0 aliphatic carbocycles. The molecule has 1 unspecified atom stereocenters. The molecule has 1 heterocycles. The van der Waals surface area contributed by atoms with E-state index in [0.29, 0.717) is 6.04 Å². The summed E-state index contributed by atoms with van der Waals surface area (Å²) in [5.74, 6) is 0. The van der Waals surface area contributed by atoms with Gasteiger partial charge in [0.15, 0.2) is 0 Å². The van der Waals surface area contributed by atoms with Crippen LogP contribution >= 0.6 is 15.9 Å². The first kappa shape index (κ1) is 16.2. The first-order valence-electron chi connectivity index (χ1n) is 7.49. The van der Waals surface area contributed by atoms with Crippen LogP contribution in [0, 0.1) is 13.8 Å². The van der Waals surface area contributed by atoms with E-state index in [1.807, 2.05) is 14.0 Å². The van der Waals surface area contributed by atoms with E-state index >= 15 is 0 Å². The molecule has 0 saturated heterocycles. The largest absolute Gasteiger partial charge is 0.316 e. The number of likely N-dealkylation sites (N-methyl/N-ethyl adjacent to an activating group) is 1. The Hall–Kier alpha value is -1.13. The lowest BCUT2D eigenvalue weighted by atomic mass is 10.0. The standard InChI is InChI=1S/C17H24BrN3/c1-5-21-16(17(18)13(3)20-21)11-15(19-4)10-14-8-6-12(2)7-9-14/h6-9,15,19H,5,10-11H2,1-4H3. The number of hydrogen-bond donors (Lipinski definition) is 1. The molecule has 0 aliphatic rings. The predicted octanol–water partition coefficient (Wildman–Crippen LogP) is 3.66. The van der Waals surface area contributed by atoms with Crippen molar-refractivity contribution in [2.75, 3.05) is 7.05 Å². The zero-order chi connectivity index (χ0) is 15.4. The molecule has 1 atom stereocenters. The van der Waals surface area contributed by atoms with Crippen molar-refractivity contribution in [1.82, 2.24) is 15.1 Å². The fraction of sp³-hybridized carbons (Fsp3) is 0.471. The summed E-state index contributed by atoms with van der Waals surface area (Å²) in [5.41, 5.74) is 5.02. The average molecular weight is 350 g/mol. The number of nitrogens with zero attached hydrogens (tertiary/aromatic N) is 2. The lowest BCUT2D eigenvalue weighted by Crippen LogP contribution is -2.31. The Kier molecular flexibility index (Phi) is 5.59. The number of hydrogen-bond acceptors (Lipinski definition) is 2. The van der Waals surface area contributed by atoms with Crippen molar-refractivity contribution < 1.29 is 0 Å². The highest BCUT2D eigenvalue weighted by Gasteiger charge is 2.17. The van der Waals surface area contributed by atoms with Crippen LogP contribution in [0.3, 0.4) is 0 Å². The normalized spacial score (nSPS) is 12.6. The molecule has 0 aliphatic heterocycles. The van der Waals surface area contributed by atoms with Gasteiger partial charge in [0.05, 0.1) is 15.9 Å². The van der Waals surface area contributed by atoms with Gasteiger partial charge in [-0.1, -0.05) is 29.8 Å². The summed E-state index contributed by atoms with van der Waals surface area (Å²) >= 11 is 3.68. The number of rotatable bonds is 6. The number of benzene rings is 1. The van der Waals surface area contributed by atoms with E-state index in [-0.39, 0.29) is 0 Å². The minimum Gasteiger partial charge on any atom is -0.316 e. The zero-order valence-corrected chi connectivity index (χ0v) is 14.9. The minimum absolute atomic E-state index is 0.408. The van der Waals surface area contributed by atoms with Gasteiger partial charge in [-0.25, -0.2) is 0 Å². The van der Waals surface area contributed by atoms with Crippen molar-refractivity contribution in [2.24, 2.45) is 0 Å². The van der Waals surface area contributed by atoms with Crippen molar-refractivity contribution in [2.45, 2.75) is 46.2 Å². The predicted molar refractivity (Wildman–Crippen MR) is 91.8 cm³/mol. The summed E-state index contributed by atoms with van der Waals surface area (Å²) in [7, 11) is 2.03. The third-order valence-corrected chi connectivity index (χ3v) is 4.94. The van der Waals surface area contributed by atoms with Crippen LogP contribution in [-0.2, 0) is 19.4 Å². The Morgan fingerprint density at radius 1 is 1.19 bits per heavy atom. The molecule has 1 aromatic heterocycles. The van der Waals surface area contributed by atoms with E-state index in [9.17, 15) is 0 Å². The van der Waals surface area contributed by atoms with Gasteiger partial charge in [0.1, 0.15) is 0 Å². The first-order chi connectivity index (χ1) is 10.0. The number of aryl methyl sites for hydroxylation is 3. The molecule has 4 heteroatoms. The molecule has 2 rings (SSSR count). The lowest BCUT2D eigenvalue weighted by Gasteiger charge is -2.17. The van der Waals surface area contributed by atoms with Gasteiger partial charge in [-0.3, -0.25) is 4.68 Å². The summed E-state index contributed by atoms with van der Waals surface area (Å²) in [6.45, 7) is 7.21. The summed E-state index contributed by atoms with van der Waals surface area (Å²) < 4.78 is 3.24. The van der Waals surface area contributed by atoms with Gasteiger partial charge in [-0.2, -0.15) is 5.10 Å². The summed E-state index contributed by atoms with van der Waals surface area (Å²) in [4.78, 5) is 0. The molecule has 1 N–H and O–H groups in total. The highest BCUT2D eigenvalue weighted by molar-refractivity contribution is 9.10. The van der Waals surface area contributed by atoms with Gasteiger partial charge >= 0.3 is 0 Å². The van der Waals surface area contributed by atoms with E-state index < -0.39 is 0 Å². The highest BCUT2D eigenvalue weighted by Crippen LogP contribution is 2.23. The monoisotopic (exact) mass is 349 g/mol. The summed E-state index contributed by atoms with van der Waals surface area (Å²) in [6, 6.07) is 9.20. The molecule has 1 aromatic carbocycles. The third-order valence-electron chi connectivity index (χ3n) is 3.90. The van der Waals surface area contributed by atoms with E-state index in [4.69, 9.17) is 0 Å². The maximum atomic E-state index is 4.58. The van der Waals surface area contributed by atoms with Crippen LogP contribution in [0.4, 0.5) is 0 Å². The molecular formula is C17H24BrN3. The minimum atomic E-state index is 0.408. The van der Waals surface area contributed by atoms with Gasteiger partial charge in [-0.15, -0.1) is 0 Å². The van der Waals surface area contributed by atoms with Crippen molar-refractivity contribution in [3.63, 3.8) is 0 Å². The van der Waals surface area contributed by atoms with Crippen LogP contribution in [0.25, 0.3) is 0 Å². The Morgan fingerprint density at radius 2 is 1.86 bits per heavy atom. The summed E-state index contributed by atoms with van der Waals surface area (Å²) in [6.07, 6.45) is 2.00. The maximum Gasteiger partial charge on any atom is 0.0738 e. The second-order valence-electron chi connectivity index (χ2n) is 5.54. The Balaban J connectivity index is 2.14. The van der Waals surface area contributed by atoms with Crippen LogP contribution in [0.1, 0.15) is 29.4 Å². The van der Waals surface area contributed by atoms with Crippen LogP contribution in [-0.4, -0.2) is 22.9 Å². The molecule has 0 fully saturated rings. The lowest BCUT2D eigenvalue weighted by molar-refractivity contribution is 0.519. The second kappa shape index (κ2) is 7.23. The topological polar surface area (TPSA) is 29.9 Å². The molecule has 0 saturated carbocycles. The molecule has 0 spiro atoms. The molecule has 0 bridgehead atoms. The van der Waals surface area contributed by atoms with E-state index in [2.05, 4.69) is 69.1 Å². The van der Waals surface area contributed by atoms with Crippen LogP contribution in [0.15, 0.2) is 28.7 Å². The van der Waals surface area contributed by atoms with Crippen molar-refractivity contribution >= 4 is 15.9 Å². The quantitative estimate of drug-likeness (QED) is 0.862. The Labute approximate surface area is 135 Å². The highest BCUT2D eigenvalue weighted by atomic mass is 79.9. The summed E-state index contributed by atoms with van der Waals surface area (Å²) in [5, 5.41) is 8.02.